The van der Waals surface area contributed by atoms with E-state index < -0.39 is 0 Å². The quantitative estimate of drug-likeness (QED) is 0.623. The second-order valence-electron chi connectivity index (χ2n) is 4.62. The number of nitrogens with one attached hydrogen (secondary N) is 1. The third-order valence-electron chi connectivity index (χ3n) is 3.18. The summed E-state index contributed by atoms with van der Waals surface area (Å²) in [6.07, 6.45) is 9.48. The van der Waals surface area contributed by atoms with Crippen molar-refractivity contribution < 1.29 is 0 Å². The van der Waals surface area contributed by atoms with Crippen LogP contribution in [-0.2, 0) is 6.54 Å². The zero-order valence-corrected chi connectivity index (χ0v) is 11.3. The molecule has 0 spiro atoms. The maximum absolute atomic E-state index is 4.40. The Labute approximate surface area is 108 Å². The highest BCUT2D eigenvalue weighted by atomic mass is 32.2. The second kappa shape index (κ2) is 6.97. The van der Waals surface area contributed by atoms with E-state index >= 15 is 0 Å². The molecule has 1 heterocycles. The Morgan fingerprint density at radius 3 is 2.65 bits per heavy atom. The molecule has 3 nitrogen and oxygen atoms in total. The molecule has 4 heteroatoms. The van der Waals surface area contributed by atoms with Crippen LogP contribution in [0.2, 0.25) is 0 Å². The van der Waals surface area contributed by atoms with E-state index in [2.05, 4.69) is 22.2 Å². The third kappa shape index (κ3) is 4.28. The van der Waals surface area contributed by atoms with E-state index in [1.54, 1.807) is 0 Å². The first kappa shape index (κ1) is 12.8. The first-order valence-corrected chi connectivity index (χ1v) is 7.51. The van der Waals surface area contributed by atoms with Gasteiger partial charge >= 0.3 is 0 Å². The highest BCUT2D eigenvalue weighted by Crippen LogP contribution is 2.29. The predicted octanol–water partition coefficient (Wildman–Crippen LogP) is 2.87. The van der Waals surface area contributed by atoms with Gasteiger partial charge in [0.1, 0.15) is 0 Å². The van der Waals surface area contributed by atoms with E-state index in [-0.39, 0.29) is 0 Å². The highest BCUT2D eigenvalue weighted by molar-refractivity contribution is 7.99. The lowest BCUT2D eigenvalue weighted by Gasteiger charge is -2.07. The molecular weight excluding hydrogens is 230 g/mol. The van der Waals surface area contributed by atoms with E-state index in [0.717, 1.165) is 29.7 Å². The minimum atomic E-state index is 0.865. The van der Waals surface area contributed by atoms with Crippen molar-refractivity contribution in [3.63, 3.8) is 0 Å². The predicted molar refractivity (Wildman–Crippen MR) is 72.1 cm³/mol. The van der Waals surface area contributed by atoms with E-state index in [0.29, 0.717) is 0 Å². The zero-order chi connectivity index (χ0) is 11.9. The molecule has 0 atom stereocenters. The van der Waals surface area contributed by atoms with E-state index in [9.17, 15) is 0 Å². The highest BCUT2D eigenvalue weighted by Gasteiger charge is 2.15. The summed E-state index contributed by atoms with van der Waals surface area (Å²) in [6.45, 7) is 3.95. The fraction of sp³-hybridized carbons (Fsp3) is 0.692. The first-order chi connectivity index (χ1) is 8.38. The molecule has 1 fully saturated rings. The van der Waals surface area contributed by atoms with Crippen LogP contribution in [0.4, 0.5) is 0 Å². The van der Waals surface area contributed by atoms with Crippen LogP contribution in [0.25, 0.3) is 0 Å². The van der Waals surface area contributed by atoms with Gasteiger partial charge in [-0.15, -0.1) is 0 Å². The Hall–Kier alpha value is -0.610. The van der Waals surface area contributed by atoms with Crippen LogP contribution in [0.5, 0.6) is 0 Å². The zero-order valence-electron chi connectivity index (χ0n) is 10.5. The van der Waals surface area contributed by atoms with Gasteiger partial charge in [0, 0.05) is 30.3 Å². The molecule has 0 radical (unpaired) electrons. The lowest BCUT2D eigenvalue weighted by atomic mass is 10.1. The summed E-state index contributed by atoms with van der Waals surface area (Å²) in [6, 6.07) is 0. The number of aromatic nitrogens is 2. The molecule has 0 aliphatic heterocycles. The molecule has 1 N–H and O–H groups in total. The van der Waals surface area contributed by atoms with Gasteiger partial charge in [-0.3, -0.25) is 0 Å². The molecule has 2 rings (SSSR count). The first-order valence-electron chi connectivity index (χ1n) is 6.53. The van der Waals surface area contributed by atoms with E-state index in [1.165, 1.54) is 31.4 Å². The fourth-order valence-electron chi connectivity index (χ4n) is 2.15. The summed E-state index contributed by atoms with van der Waals surface area (Å²) < 4.78 is 0. The van der Waals surface area contributed by atoms with Crippen molar-refractivity contribution in [3.05, 3.63) is 18.0 Å². The molecule has 0 saturated heterocycles. The monoisotopic (exact) mass is 251 g/mol. The Bertz CT molecular complexity index is 320. The summed E-state index contributed by atoms with van der Waals surface area (Å²) in [5.74, 6) is 2.08. The van der Waals surface area contributed by atoms with Crippen molar-refractivity contribution in [1.82, 2.24) is 15.3 Å². The van der Waals surface area contributed by atoms with Crippen molar-refractivity contribution in [2.45, 2.75) is 44.3 Å². The Morgan fingerprint density at radius 1 is 1.29 bits per heavy atom. The van der Waals surface area contributed by atoms with Gasteiger partial charge in [0.15, 0.2) is 5.16 Å². The minimum absolute atomic E-state index is 0.865. The van der Waals surface area contributed by atoms with Gasteiger partial charge in [-0.25, -0.2) is 9.97 Å². The summed E-state index contributed by atoms with van der Waals surface area (Å²) in [4.78, 5) is 8.81. The molecule has 0 aromatic carbocycles. The van der Waals surface area contributed by atoms with Crippen molar-refractivity contribution in [2.24, 2.45) is 5.92 Å². The van der Waals surface area contributed by atoms with Crippen LogP contribution in [0, 0.1) is 5.92 Å². The molecule has 1 aliphatic rings. The molecule has 1 aromatic rings. The van der Waals surface area contributed by atoms with Crippen molar-refractivity contribution in [3.8, 4) is 0 Å². The van der Waals surface area contributed by atoms with Crippen LogP contribution >= 0.6 is 11.8 Å². The van der Waals surface area contributed by atoms with Crippen molar-refractivity contribution >= 4 is 11.8 Å². The average molecular weight is 251 g/mol. The van der Waals surface area contributed by atoms with E-state index in [4.69, 9.17) is 0 Å². The van der Waals surface area contributed by atoms with Gasteiger partial charge in [-0.05, 0) is 25.3 Å². The normalized spacial score (nSPS) is 16.5. The average Bonchev–Trinajstić information content (AvgIpc) is 2.88. The van der Waals surface area contributed by atoms with Crippen LogP contribution < -0.4 is 5.32 Å². The van der Waals surface area contributed by atoms with E-state index in [1.807, 2.05) is 24.2 Å². The van der Waals surface area contributed by atoms with Gasteiger partial charge in [-0.1, -0.05) is 31.5 Å². The largest absolute Gasteiger partial charge is 0.313 e. The molecule has 1 aromatic heterocycles. The van der Waals surface area contributed by atoms with Crippen LogP contribution in [-0.4, -0.2) is 22.3 Å². The maximum atomic E-state index is 4.40. The third-order valence-corrected chi connectivity index (χ3v) is 4.29. The van der Waals surface area contributed by atoms with Crippen LogP contribution in [0.1, 0.15) is 38.2 Å². The topological polar surface area (TPSA) is 37.8 Å². The second-order valence-corrected chi connectivity index (χ2v) is 5.60. The lowest BCUT2D eigenvalue weighted by molar-refractivity contribution is 0.622. The smallest absolute Gasteiger partial charge is 0.187 e. The molecule has 94 valence electrons. The maximum Gasteiger partial charge on any atom is 0.187 e. The summed E-state index contributed by atoms with van der Waals surface area (Å²) in [5, 5.41) is 4.20. The molecule has 1 aliphatic carbocycles. The number of hydrogen-bond donors (Lipinski definition) is 1. The Kier molecular flexibility index (Phi) is 5.26. The lowest BCUT2D eigenvalue weighted by Crippen LogP contribution is -2.12. The molecule has 0 bridgehead atoms. The molecule has 0 unspecified atom stereocenters. The number of hydrogen-bond acceptors (Lipinski definition) is 4. The fourth-order valence-corrected chi connectivity index (χ4v) is 3.12. The summed E-state index contributed by atoms with van der Waals surface area (Å²) in [7, 11) is 0. The SMILES string of the molecule is CCNCc1cnc(SCC2CCCC2)nc1. The standard InChI is InChI=1S/C13H21N3S/c1-2-14-7-12-8-15-13(16-9-12)17-10-11-5-3-4-6-11/h8-9,11,14H,2-7,10H2,1H3. The van der Waals surface area contributed by atoms with Crippen LogP contribution in [0.3, 0.4) is 0 Å². The Balaban J connectivity index is 1.76. The summed E-state index contributed by atoms with van der Waals surface area (Å²) in [5.41, 5.74) is 1.16. The number of thioether (sulfide) groups is 1. The molecule has 17 heavy (non-hydrogen) atoms. The van der Waals surface area contributed by atoms with Crippen LogP contribution in [0.15, 0.2) is 17.6 Å². The molecule has 1 saturated carbocycles. The van der Waals surface area contributed by atoms with Crippen molar-refractivity contribution in [2.75, 3.05) is 12.3 Å². The number of rotatable bonds is 6. The van der Waals surface area contributed by atoms with Gasteiger partial charge in [0.2, 0.25) is 0 Å². The minimum Gasteiger partial charge on any atom is -0.313 e. The van der Waals surface area contributed by atoms with Gasteiger partial charge in [-0.2, -0.15) is 0 Å². The summed E-state index contributed by atoms with van der Waals surface area (Å²) >= 11 is 1.81. The Morgan fingerprint density at radius 2 is 2.00 bits per heavy atom. The van der Waals surface area contributed by atoms with Crippen molar-refractivity contribution in [1.29, 1.82) is 0 Å². The molecular formula is C13H21N3S. The number of nitrogens with zero attached hydrogens (tertiary/aromatic N) is 2. The van der Waals surface area contributed by atoms with Gasteiger partial charge < -0.3 is 5.32 Å². The molecule has 0 amide bonds. The van der Waals surface area contributed by atoms with Gasteiger partial charge in [0.05, 0.1) is 0 Å². The van der Waals surface area contributed by atoms with Gasteiger partial charge in [0.25, 0.3) is 0 Å².